The van der Waals surface area contributed by atoms with Crippen molar-refractivity contribution in [1.29, 1.82) is 0 Å². The molecule has 0 N–H and O–H groups in total. The van der Waals surface area contributed by atoms with Crippen molar-refractivity contribution in [2.24, 2.45) is 0 Å². The maximum absolute atomic E-state index is 4.44. The van der Waals surface area contributed by atoms with E-state index in [0.29, 0.717) is 0 Å². The molecule has 0 saturated heterocycles. The maximum atomic E-state index is 2.50. The molecule has 0 unspecified atom stereocenters. The minimum absolute atomic E-state index is 0.0153. The monoisotopic (exact) mass is 616 g/mol. The molecular weight excluding hydrogens is 576 g/mol. The Kier molecular flexibility index (Phi) is 6.56. The van der Waals surface area contributed by atoms with Gasteiger partial charge in [-0.25, -0.2) is 0 Å². The van der Waals surface area contributed by atoms with Crippen molar-refractivity contribution in [2.45, 2.75) is 65.2 Å². The Balaban J connectivity index is 1.80. The van der Waals surface area contributed by atoms with Crippen LogP contribution in [-0.2, 0) is 34.6 Å². The Bertz CT molecular complexity index is 1700. The second-order valence-electron chi connectivity index (χ2n) is 14.1. The predicted molar refractivity (Wildman–Crippen MR) is 174 cm³/mol. The van der Waals surface area contributed by atoms with Crippen molar-refractivity contribution >= 4 is 16.7 Å². The van der Waals surface area contributed by atoms with Gasteiger partial charge in [0.05, 0.1) is 0 Å². The molecule has 2 aliphatic rings. The molecule has 0 saturated carbocycles. The molecule has 4 aromatic rings. The topological polar surface area (TPSA) is 0 Å². The molecule has 0 nitrogen and oxygen atoms in total. The minimum atomic E-state index is -4.44. The molecule has 0 bridgehead atoms. The third kappa shape index (κ3) is 4.01. The van der Waals surface area contributed by atoms with Crippen LogP contribution in [0.4, 0.5) is 0 Å². The first-order valence-corrected chi connectivity index (χ1v) is 25.6. The first-order valence-electron chi connectivity index (χ1n) is 14.7. The molecule has 0 spiro atoms. The Morgan fingerprint density at radius 2 is 1.27 bits per heavy atom. The molecule has 0 aromatic heterocycles. The summed E-state index contributed by atoms with van der Waals surface area (Å²) < 4.78 is 6.44. The normalized spacial score (nSPS) is 15.1. The fourth-order valence-electron chi connectivity index (χ4n) is 7.45. The molecule has 0 atom stereocenters. The second-order valence-corrected chi connectivity index (χ2v) is 35.3. The SMILES string of the molecule is CC(C)(C)c1ccc2c(c1)Cc1c-2ccc(C(C)(C)C)[c]1[Zr](=[SiH2])([C]1=CC=CC1)([c]1ccccc1)[c]1ccccc1. The summed E-state index contributed by atoms with van der Waals surface area (Å²) in [6.45, 7) is 16.6. The summed E-state index contributed by atoms with van der Waals surface area (Å²) in [5.41, 5.74) is 9.04. The van der Waals surface area contributed by atoms with Gasteiger partial charge in [0.2, 0.25) is 0 Å². The molecule has 0 aliphatic heterocycles. The van der Waals surface area contributed by atoms with E-state index in [2.05, 4.69) is 158 Å². The van der Waals surface area contributed by atoms with E-state index in [1.807, 2.05) is 0 Å². The number of hydrogen-bond donors (Lipinski definition) is 0. The Morgan fingerprint density at radius 1 is 0.675 bits per heavy atom. The van der Waals surface area contributed by atoms with Gasteiger partial charge in [-0.15, -0.1) is 0 Å². The zero-order chi connectivity index (χ0) is 28.4. The van der Waals surface area contributed by atoms with E-state index in [-0.39, 0.29) is 10.8 Å². The molecule has 0 heterocycles. The van der Waals surface area contributed by atoms with Crippen LogP contribution in [0, 0.1) is 0 Å². The molecule has 2 aliphatic carbocycles. The zero-order valence-electron chi connectivity index (χ0n) is 25.0. The van der Waals surface area contributed by atoms with Crippen LogP contribution in [-0.4, -0.2) is 6.88 Å². The van der Waals surface area contributed by atoms with E-state index in [1.54, 1.807) is 18.7 Å². The van der Waals surface area contributed by atoms with Gasteiger partial charge in [-0.05, 0) is 0 Å². The van der Waals surface area contributed by atoms with E-state index >= 15 is 0 Å². The molecule has 202 valence electrons. The Labute approximate surface area is 243 Å². The standard InChI is InChI=1S/C21H25.2C6H5.C5H5.H2Si.Zr/c1-20(2,3)16-7-9-18-14(12-16)11-15-13-17(21(4,5)6)8-10-19(15)18;2*1-2-4-6-5-3-1;1-2-4-5-3-1;;/h7-10,12H,11H2,1-6H3;2*1-5H;1-3H,4H2;1H2;. The van der Waals surface area contributed by atoms with Crippen molar-refractivity contribution in [1.82, 2.24) is 0 Å². The predicted octanol–water partition coefficient (Wildman–Crippen LogP) is 7.21. The van der Waals surface area contributed by atoms with Crippen LogP contribution >= 0.6 is 0 Å². The van der Waals surface area contributed by atoms with Gasteiger partial charge < -0.3 is 0 Å². The second kappa shape index (κ2) is 9.50. The number of allylic oxidation sites excluding steroid dienone is 4. The summed E-state index contributed by atoms with van der Waals surface area (Å²) in [4.78, 5) is 0. The van der Waals surface area contributed by atoms with E-state index in [1.165, 1.54) is 27.8 Å². The van der Waals surface area contributed by atoms with Crippen LogP contribution in [0.3, 0.4) is 0 Å². The van der Waals surface area contributed by atoms with Gasteiger partial charge in [0.15, 0.2) is 0 Å². The van der Waals surface area contributed by atoms with Crippen LogP contribution in [0.5, 0.6) is 0 Å². The van der Waals surface area contributed by atoms with Crippen LogP contribution in [0.15, 0.2) is 113 Å². The third-order valence-corrected chi connectivity index (χ3v) is 35.6. The molecule has 4 aromatic carbocycles. The zero-order valence-corrected chi connectivity index (χ0v) is 28.9. The summed E-state index contributed by atoms with van der Waals surface area (Å²) in [5.74, 6) is 0. The van der Waals surface area contributed by atoms with Crippen molar-refractivity contribution in [3.05, 3.63) is 135 Å². The molecule has 2 heteroatoms. The van der Waals surface area contributed by atoms with Gasteiger partial charge in [-0.2, -0.15) is 0 Å². The summed E-state index contributed by atoms with van der Waals surface area (Å²) in [5, 5.41) is 0. The number of rotatable bonds is 4. The van der Waals surface area contributed by atoms with Crippen LogP contribution in [0.1, 0.15) is 70.2 Å². The fourth-order valence-corrected chi connectivity index (χ4v) is 30.9. The number of benzene rings is 4. The van der Waals surface area contributed by atoms with Gasteiger partial charge in [-0.3, -0.25) is 0 Å². The molecule has 40 heavy (non-hydrogen) atoms. The van der Waals surface area contributed by atoms with Gasteiger partial charge in [0.25, 0.3) is 0 Å². The molecular formula is C38H42SiZr. The van der Waals surface area contributed by atoms with Gasteiger partial charge in [0.1, 0.15) is 0 Å². The van der Waals surface area contributed by atoms with Crippen LogP contribution < -0.4 is 9.81 Å². The average molecular weight is 618 g/mol. The molecule has 0 amide bonds. The fraction of sp³-hybridized carbons (Fsp3) is 0.263. The molecule has 0 radical (unpaired) electrons. The Hall–Kier alpha value is -2.54. The first kappa shape index (κ1) is 27.6. The average Bonchev–Trinajstić information content (AvgIpc) is 3.61. The van der Waals surface area contributed by atoms with Crippen molar-refractivity contribution in [2.75, 3.05) is 0 Å². The van der Waals surface area contributed by atoms with Crippen molar-refractivity contribution in [3.8, 4) is 11.1 Å². The summed E-state index contributed by atoms with van der Waals surface area (Å²) in [7, 11) is 0. The quantitative estimate of drug-likeness (QED) is 0.187. The van der Waals surface area contributed by atoms with E-state index in [0.717, 1.165) is 12.8 Å². The summed E-state index contributed by atoms with van der Waals surface area (Å²) >= 11 is -4.44. The molecule has 0 fully saturated rings. The third-order valence-electron chi connectivity index (χ3n) is 9.60. The van der Waals surface area contributed by atoms with Crippen LogP contribution in [0.2, 0.25) is 0 Å². The van der Waals surface area contributed by atoms with E-state index in [4.69, 9.17) is 0 Å². The van der Waals surface area contributed by atoms with Crippen LogP contribution in [0.25, 0.3) is 11.1 Å². The first-order chi connectivity index (χ1) is 18.9. The van der Waals surface area contributed by atoms with Crippen molar-refractivity contribution < 1.29 is 17.4 Å². The van der Waals surface area contributed by atoms with E-state index in [9.17, 15) is 0 Å². The van der Waals surface area contributed by atoms with Gasteiger partial charge >= 0.3 is 245 Å². The number of hydrogen-bond acceptors (Lipinski definition) is 0. The van der Waals surface area contributed by atoms with E-state index < -0.39 is 17.4 Å². The number of fused-ring (bicyclic) bond motifs is 3. The molecule has 6 rings (SSSR count). The van der Waals surface area contributed by atoms with Gasteiger partial charge in [-0.1, -0.05) is 0 Å². The van der Waals surface area contributed by atoms with Crippen molar-refractivity contribution in [3.63, 3.8) is 0 Å². The van der Waals surface area contributed by atoms with Gasteiger partial charge in [0, 0.05) is 0 Å². The summed E-state index contributed by atoms with van der Waals surface area (Å²) in [6.07, 6.45) is 9.23. The summed E-state index contributed by atoms with van der Waals surface area (Å²) in [6, 6.07) is 35.5. The Morgan fingerprint density at radius 3 is 1.80 bits per heavy atom.